The van der Waals surface area contributed by atoms with E-state index < -0.39 is 0 Å². The first-order valence-corrected chi connectivity index (χ1v) is 3.60. The zero-order valence-corrected chi connectivity index (χ0v) is 6.20. The largest absolute Gasteiger partial charge is 0.487 e. The number of methoxy groups -OCH3 is 1. The molecule has 0 aromatic carbocycles. The van der Waals surface area contributed by atoms with Gasteiger partial charge >= 0.3 is 0 Å². The number of ether oxygens (including phenoxy) is 1. The van der Waals surface area contributed by atoms with Crippen LogP contribution in [0.4, 0.5) is 0 Å². The van der Waals surface area contributed by atoms with Crippen molar-refractivity contribution in [2.45, 2.75) is 6.42 Å². The Morgan fingerprint density at radius 1 is 1.67 bits per heavy atom. The zero-order valence-electron chi connectivity index (χ0n) is 5.39. The molecule has 1 heterocycles. The van der Waals surface area contributed by atoms with E-state index in [2.05, 4.69) is 6.92 Å². The molecule has 2 heteroatoms. The lowest BCUT2D eigenvalue weighted by atomic mass is 10.4. The summed E-state index contributed by atoms with van der Waals surface area (Å²) in [6.45, 7) is 3.76. The quantitative estimate of drug-likeness (QED) is 0.613. The monoisotopic (exact) mass is 141 g/mol. The van der Waals surface area contributed by atoms with Crippen molar-refractivity contribution in [1.29, 1.82) is 0 Å². The Bertz CT molecular complexity index is 162. The second-order valence-electron chi connectivity index (χ2n) is 1.67. The van der Waals surface area contributed by atoms with Crippen LogP contribution in [0.5, 0.6) is 5.06 Å². The van der Waals surface area contributed by atoms with Crippen molar-refractivity contribution in [3.05, 3.63) is 23.9 Å². The Hall–Kier alpha value is -0.500. The zero-order chi connectivity index (χ0) is 6.69. The molecule has 0 aliphatic heterocycles. The molecule has 1 aromatic heterocycles. The van der Waals surface area contributed by atoms with Crippen LogP contribution in [0.1, 0.15) is 4.88 Å². The Kier molecular flexibility index (Phi) is 2.11. The Balaban J connectivity index is 2.74. The summed E-state index contributed by atoms with van der Waals surface area (Å²) >= 11 is 1.65. The number of hydrogen-bond donors (Lipinski definition) is 0. The molecule has 9 heavy (non-hydrogen) atoms. The first-order valence-electron chi connectivity index (χ1n) is 2.78. The molecule has 49 valence electrons. The van der Waals surface area contributed by atoms with E-state index in [-0.39, 0.29) is 0 Å². The van der Waals surface area contributed by atoms with Crippen LogP contribution in [-0.4, -0.2) is 7.11 Å². The highest BCUT2D eigenvalue weighted by atomic mass is 32.1. The third kappa shape index (κ3) is 1.45. The van der Waals surface area contributed by atoms with Crippen LogP contribution in [0.2, 0.25) is 0 Å². The van der Waals surface area contributed by atoms with Gasteiger partial charge in [-0.15, -0.1) is 11.3 Å². The highest BCUT2D eigenvalue weighted by Crippen LogP contribution is 2.23. The van der Waals surface area contributed by atoms with Crippen LogP contribution in [0, 0.1) is 6.92 Å². The summed E-state index contributed by atoms with van der Waals surface area (Å²) in [7, 11) is 1.68. The van der Waals surface area contributed by atoms with E-state index in [0.717, 1.165) is 11.5 Å². The average molecular weight is 141 g/mol. The molecule has 0 spiro atoms. The van der Waals surface area contributed by atoms with Gasteiger partial charge in [0.15, 0.2) is 5.06 Å². The van der Waals surface area contributed by atoms with Crippen LogP contribution in [-0.2, 0) is 6.42 Å². The molecule has 0 fully saturated rings. The molecule has 1 radical (unpaired) electrons. The van der Waals surface area contributed by atoms with Crippen LogP contribution >= 0.6 is 11.3 Å². The van der Waals surface area contributed by atoms with E-state index in [0.29, 0.717) is 0 Å². The normalized spacial score (nSPS) is 9.56. The van der Waals surface area contributed by atoms with E-state index in [9.17, 15) is 0 Å². The smallest absolute Gasteiger partial charge is 0.173 e. The van der Waals surface area contributed by atoms with Gasteiger partial charge in [0.05, 0.1) is 7.11 Å². The van der Waals surface area contributed by atoms with Gasteiger partial charge in [0.2, 0.25) is 0 Å². The van der Waals surface area contributed by atoms with Gasteiger partial charge in [-0.25, -0.2) is 0 Å². The van der Waals surface area contributed by atoms with Crippen LogP contribution < -0.4 is 4.74 Å². The van der Waals surface area contributed by atoms with E-state index in [1.807, 2.05) is 12.1 Å². The van der Waals surface area contributed by atoms with E-state index in [1.54, 1.807) is 18.4 Å². The van der Waals surface area contributed by atoms with Crippen molar-refractivity contribution in [1.82, 2.24) is 0 Å². The SMILES string of the molecule is [CH2]Cc1ccc(OC)s1. The molecule has 0 atom stereocenters. The highest BCUT2D eigenvalue weighted by Gasteiger charge is 1.94. The van der Waals surface area contributed by atoms with Crippen molar-refractivity contribution >= 4 is 11.3 Å². The third-order valence-electron chi connectivity index (χ3n) is 1.08. The van der Waals surface area contributed by atoms with E-state index in [1.165, 1.54) is 4.88 Å². The second-order valence-corrected chi connectivity index (χ2v) is 2.81. The van der Waals surface area contributed by atoms with Gasteiger partial charge in [-0.05, 0) is 25.5 Å². The fourth-order valence-electron chi connectivity index (χ4n) is 0.602. The molecule has 0 saturated heterocycles. The minimum Gasteiger partial charge on any atom is -0.487 e. The second kappa shape index (κ2) is 2.87. The lowest BCUT2D eigenvalue weighted by Crippen LogP contribution is -1.73. The molecule has 0 N–H and O–H groups in total. The molecule has 0 saturated carbocycles. The average Bonchev–Trinajstić information content (AvgIpc) is 2.34. The first-order chi connectivity index (χ1) is 4.36. The maximum atomic E-state index is 4.99. The summed E-state index contributed by atoms with van der Waals surface area (Å²) in [5, 5.41) is 0.966. The van der Waals surface area contributed by atoms with E-state index >= 15 is 0 Å². The molecular formula is C7H9OS. The fourth-order valence-corrected chi connectivity index (χ4v) is 1.32. The minimum absolute atomic E-state index is 0.855. The maximum Gasteiger partial charge on any atom is 0.173 e. The number of rotatable bonds is 2. The minimum atomic E-state index is 0.855. The summed E-state index contributed by atoms with van der Waals surface area (Å²) in [6, 6.07) is 4.00. The lowest BCUT2D eigenvalue weighted by Gasteiger charge is -1.88. The van der Waals surface area contributed by atoms with Gasteiger partial charge in [-0.2, -0.15) is 0 Å². The predicted octanol–water partition coefficient (Wildman–Crippen LogP) is 2.13. The van der Waals surface area contributed by atoms with Crippen molar-refractivity contribution in [3.8, 4) is 5.06 Å². The van der Waals surface area contributed by atoms with Crippen molar-refractivity contribution < 1.29 is 4.74 Å². The van der Waals surface area contributed by atoms with Crippen LogP contribution in [0.25, 0.3) is 0 Å². The van der Waals surface area contributed by atoms with Gasteiger partial charge in [0.25, 0.3) is 0 Å². The first kappa shape index (κ1) is 6.62. The summed E-state index contributed by atoms with van der Waals surface area (Å²) in [4.78, 5) is 1.27. The Morgan fingerprint density at radius 2 is 2.44 bits per heavy atom. The highest BCUT2D eigenvalue weighted by molar-refractivity contribution is 7.13. The van der Waals surface area contributed by atoms with Gasteiger partial charge in [0.1, 0.15) is 0 Å². The Morgan fingerprint density at radius 3 is 2.78 bits per heavy atom. The number of thiophene rings is 1. The molecule has 0 amide bonds. The summed E-state index contributed by atoms with van der Waals surface area (Å²) in [6.07, 6.45) is 0.855. The molecular weight excluding hydrogens is 132 g/mol. The summed E-state index contributed by atoms with van der Waals surface area (Å²) in [5.74, 6) is 0. The fraction of sp³-hybridized carbons (Fsp3) is 0.286. The molecule has 0 unspecified atom stereocenters. The van der Waals surface area contributed by atoms with Gasteiger partial charge in [-0.1, -0.05) is 0 Å². The Labute approximate surface area is 59.3 Å². The third-order valence-corrected chi connectivity index (χ3v) is 2.19. The lowest BCUT2D eigenvalue weighted by molar-refractivity contribution is 0.427. The van der Waals surface area contributed by atoms with Crippen molar-refractivity contribution in [2.24, 2.45) is 0 Å². The molecule has 0 aliphatic carbocycles. The molecule has 1 nitrogen and oxygen atoms in total. The number of hydrogen-bond acceptors (Lipinski definition) is 2. The molecule has 1 rings (SSSR count). The van der Waals surface area contributed by atoms with Crippen molar-refractivity contribution in [3.63, 3.8) is 0 Å². The predicted molar refractivity (Wildman–Crippen MR) is 39.9 cm³/mol. The standard InChI is InChI=1S/C7H9OS/c1-3-6-4-5-7(8-2)9-6/h4-5H,1,3H2,2H3. The topological polar surface area (TPSA) is 9.23 Å². The van der Waals surface area contributed by atoms with Gasteiger partial charge in [-0.3, -0.25) is 0 Å². The molecule has 0 bridgehead atoms. The van der Waals surface area contributed by atoms with Crippen LogP contribution in [0.3, 0.4) is 0 Å². The van der Waals surface area contributed by atoms with Crippen molar-refractivity contribution in [2.75, 3.05) is 7.11 Å². The summed E-state index contributed by atoms with van der Waals surface area (Å²) in [5.41, 5.74) is 0. The molecule has 0 aliphatic rings. The molecule has 1 aromatic rings. The van der Waals surface area contributed by atoms with Gasteiger partial charge < -0.3 is 4.74 Å². The maximum absolute atomic E-state index is 4.99. The summed E-state index contributed by atoms with van der Waals surface area (Å²) < 4.78 is 4.99. The van der Waals surface area contributed by atoms with E-state index in [4.69, 9.17) is 4.74 Å². The van der Waals surface area contributed by atoms with Gasteiger partial charge in [0, 0.05) is 4.88 Å². The van der Waals surface area contributed by atoms with Crippen LogP contribution in [0.15, 0.2) is 12.1 Å².